The van der Waals surface area contributed by atoms with Gasteiger partial charge in [-0.2, -0.15) is 0 Å². The minimum atomic E-state index is 0.179. The summed E-state index contributed by atoms with van der Waals surface area (Å²) in [5.74, 6) is 1.01. The van der Waals surface area contributed by atoms with Crippen molar-refractivity contribution in [3.05, 3.63) is 11.9 Å². The zero-order valence-electron chi connectivity index (χ0n) is 12.2. The standard InChI is InChI=1S/C14H25N3S/c1-6-8-11-12(15-9-7-2)16-10-17-13(11)18-14(3,4)5/h10H,6-9H2,1-5H3,(H,15,16,17). The second-order valence-corrected chi connectivity index (χ2v) is 7.21. The minimum absolute atomic E-state index is 0.179. The maximum atomic E-state index is 4.46. The summed E-state index contributed by atoms with van der Waals surface area (Å²) in [6, 6.07) is 0. The third-order valence-electron chi connectivity index (χ3n) is 2.35. The Labute approximate surface area is 115 Å². The lowest BCUT2D eigenvalue weighted by molar-refractivity contribution is 0.789. The third kappa shape index (κ3) is 4.84. The van der Waals surface area contributed by atoms with Crippen LogP contribution in [0.2, 0.25) is 0 Å². The predicted molar refractivity (Wildman–Crippen MR) is 80.4 cm³/mol. The molecule has 0 amide bonds. The quantitative estimate of drug-likeness (QED) is 0.621. The molecule has 0 unspecified atom stereocenters. The second kappa shape index (κ2) is 6.98. The van der Waals surface area contributed by atoms with Crippen molar-refractivity contribution in [2.45, 2.75) is 63.7 Å². The Kier molecular flexibility index (Phi) is 5.93. The number of hydrogen-bond donors (Lipinski definition) is 1. The van der Waals surface area contributed by atoms with Crippen LogP contribution in [0.25, 0.3) is 0 Å². The number of thioether (sulfide) groups is 1. The molecule has 0 fully saturated rings. The highest BCUT2D eigenvalue weighted by atomic mass is 32.2. The topological polar surface area (TPSA) is 37.8 Å². The van der Waals surface area contributed by atoms with Crippen LogP contribution in [-0.2, 0) is 6.42 Å². The molecule has 0 aliphatic rings. The summed E-state index contributed by atoms with van der Waals surface area (Å²) in [5, 5.41) is 4.53. The molecule has 0 saturated heterocycles. The van der Waals surface area contributed by atoms with Crippen LogP contribution in [-0.4, -0.2) is 21.3 Å². The van der Waals surface area contributed by atoms with Gasteiger partial charge in [0.2, 0.25) is 0 Å². The SMILES string of the molecule is CCCNc1ncnc(SC(C)(C)C)c1CCC. The van der Waals surface area contributed by atoms with Gasteiger partial charge in [-0.15, -0.1) is 11.8 Å². The van der Waals surface area contributed by atoms with E-state index in [0.29, 0.717) is 0 Å². The van der Waals surface area contributed by atoms with Crippen LogP contribution in [0.15, 0.2) is 11.4 Å². The number of nitrogens with zero attached hydrogens (tertiary/aromatic N) is 2. The smallest absolute Gasteiger partial charge is 0.133 e. The van der Waals surface area contributed by atoms with E-state index in [1.165, 1.54) is 5.56 Å². The first-order valence-corrected chi connectivity index (χ1v) is 7.56. The molecule has 0 aliphatic heterocycles. The summed E-state index contributed by atoms with van der Waals surface area (Å²) in [6.45, 7) is 12.0. The zero-order valence-corrected chi connectivity index (χ0v) is 13.0. The number of rotatable bonds is 6. The zero-order chi connectivity index (χ0) is 13.6. The van der Waals surface area contributed by atoms with E-state index >= 15 is 0 Å². The molecule has 0 saturated carbocycles. The Bertz CT molecular complexity index is 372. The van der Waals surface area contributed by atoms with Crippen molar-refractivity contribution in [1.29, 1.82) is 0 Å². The van der Waals surface area contributed by atoms with Crippen LogP contribution in [0.5, 0.6) is 0 Å². The molecule has 1 heterocycles. The van der Waals surface area contributed by atoms with Crippen LogP contribution in [0.4, 0.5) is 5.82 Å². The highest BCUT2D eigenvalue weighted by molar-refractivity contribution is 8.00. The van der Waals surface area contributed by atoms with Crippen LogP contribution in [0, 0.1) is 0 Å². The van der Waals surface area contributed by atoms with Gasteiger partial charge in [-0.05, 0) is 12.8 Å². The molecule has 1 aromatic heterocycles. The van der Waals surface area contributed by atoms with Gasteiger partial charge in [-0.25, -0.2) is 9.97 Å². The van der Waals surface area contributed by atoms with Gasteiger partial charge in [0.05, 0.1) is 0 Å². The van der Waals surface area contributed by atoms with Gasteiger partial charge in [-0.1, -0.05) is 41.0 Å². The van der Waals surface area contributed by atoms with Crippen LogP contribution < -0.4 is 5.32 Å². The van der Waals surface area contributed by atoms with Crippen LogP contribution in [0.3, 0.4) is 0 Å². The number of nitrogens with one attached hydrogen (secondary N) is 1. The van der Waals surface area contributed by atoms with Crippen molar-refractivity contribution in [2.24, 2.45) is 0 Å². The van der Waals surface area contributed by atoms with Gasteiger partial charge in [-0.3, -0.25) is 0 Å². The molecule has 4 heteroatoms. The molecule has 0 aromatic carbocycles. The first-order chi connectivity index (χ1) is 8.48. The van der Waals surface area contributed by atoms with Gasteiger partial charge in [0, 0.05) is 16.9 Å². The maximum Gasteiger partial charge on any atom is 0.133 e. The summed E-state index contributed by atoms with van der Waals surface area (Å²) in [6.07, 6.45) is 4.93. The fourth-order valence-electron chi connectivity index (χ4n) is 1.65. The number of anilines is 1. The second-order valence-electron chi connectivity index (χ2n) is 5.40. The number of hydrogen-bond acceptors (Lipinski definition) is 4. The van der Waals surface area contributed by atoms with E-state index in [2.05, 4.69) is 49.9 Å². The summed E-state index contributed by atoms with van der Waals surface area (Å²) < 4.78 is 0.179. The normalized spacial score (nSPS) is 11.6. The third-order valence-corrected chi connectivity index (χ3v) is 3.51. The van der Waals surface area contributed by atoms with Gasteiger partial charge in [0.25, 0.3) is 0 Å². The fourth-order valence-corrected chi connectivity index (χ4v) is 2.65. The van der Waals surface area contributed by atoms with Crippen molar-refractivity contribution >= 4 is 17.6 Å². The van der Waals surface area contributed by atoms with Crippen LogP contribution >= 0.6 is 11.8 Å². The van der Waals surface area contributed by atoms with Crippen molar-refractivity contribution < 1.29 is 0 Å². The summed E-state index contributed by atoms with van der Waals surface area (Å²) in [4.78, 5) is 8.85. The van der Waals surface area contributed by atoms with Gasteiger partial charge >= 0.3 is 0 Å². The summed E-state index contributed by atoms with van der Waals surface area (Å²) >= 11 is 1.82. The number of aromatic nitrogens is 2. The Morgan fingerprint density at radius 2 is 1.89 bits per heavy atom. The average Bonchev–Trinajstić information content (AvgIpc) is 2.28. The van der Waals surface area contributed by atoms with Crippen molar-refractivity contribution in [1.82, 2.24) is 9.97 Å². The maximum absolute atomic E-state index is 4.46. The van der Waals surface area contributed by atoms with E-state index in [4.69, 9.17) is 0 Å². The lowest BCUT2D eigenvalue weighted by Gasteiger charge is -2.20. The highest BCUT2D eigenvalue weighted by Crippen LogP contribution is 2.34. The van der Waals surface area contributed by atoms with Gasteiger partial charge in [0.1, 0.15) is 17.2 Å². The van der Waals surface area contributed by atoms with E-state index in [-0.39, 0.29) is 4.75 Å². The van der Waals surface area contributed by atoms with E-state index in [1.54, 1.807) is 6.33 Å². The Morgan fingerprint density at radius 3 is 2.44 bits per heavy atom. The molecule has 18 heavy (non-hydrogen) atoms. The molecule has 1 aromatic rings. The molecule has 102 valence electrons. The van der Waals surface area contributed by atoms with E-state index in [1.807, 2.05) is 11.8 Å². The molecule has 0 bridgehead atoms. The molecular weight excluding hydrogens is 242 g/mol. The highest BCUT2D eigenvalue weighted by Gasteiger charge is 2.18. The monoisotopic (exact) mass is 267 g/mol. The Morgan fingerprint density at radius 1 is 1.17 bits per heavy atom. The van der Waals surface area contributed by atoms with Crippen molar-refractivity contribution in [3.63, 3.8) is 0 Å². The van der Waals surface area contributed by atoms with E-state index < -0.39 is 0 Å². The predicted octanol–water partition coefficient (Wildman–Crippen LogP) is 4.14. The van der Waals surface area contributed by atoms with Crippen molar-refractivity contribution in [2.75, 3.05) is 11.9 Å². The Hall–Kier alpha value is -0.770. The summed E-state index contributed by atoms with van der Waals surface area (Å²) in [5.41, 5.74) is 1.27. The summed E-state index contributed by atoms with van der Waals surface area (Å²) in [7, 11) is 0. The fraction of sp³-hybridized carbons (Fsp3) is 0.714. The lowest BCUT2D eigenvalue weighted by atomic mass is 10.2. The lowest BCUT2D eigenvalue weighted by Crippen LogP contribution is -2.12. The average molecular weight is 267 g/mol. The largest absolute Gasteiger partial charge is 0.370 e. The van der Waals surface area contributed by atoms with E-state index in [9.17, 15) is 0 Å². The van der Waals surface area contributed by atoms with Gasteiger partial charge in [0.15, 0.2) is 0 Å². The molecule has 1 rings (SSSR count). The minimum Gasteiger partial charge on any atom is -0.370 e. The molecule has 3 nitrogen and oxygen atoms in total. The molecule has 0 aliphatic carbocycles. The first-order valence-electron chi connectivity index (χ1n) is 6.74. The molecule has 0 spiro atoms. The van der Waals surface area contributed by atoms with Gasteiger partial charge < -0.3 is 5.32 Å². The molecule has 0 atom stereocenters. The Balaban J connectivity index is 3.00. The first kappa shape index (κ1) is 15.3. The van der Waals surface area contributed by atoms with Crippen LogP contribution in [0.1, 0.15) is 53.0 Å². The van der Waals surface area contributed by atoms with E-state index in [0.717, 1.165) is 36.7 Å². The molecular formula is C14H25N3S. The molecule has 0 radical (unpaired) electrons. The molecule has 1 N–H and O–H groups in total. The van der Waals surface area contributed by atoms with Crippen molar-refractivity contribution in [3.8, 4) is 0 Å².